The molecular formula is C20H20N2O4S. The van der Waals surface area contributed by atoms with Crippen molar-refractivity contribution in [1.82, 2.24) is 9.71 Å². The fourth-order valence-corrected chi connectivity index (χ4v) is 3.38. The molecule has 0 fully saturated rings. The van der Waals surface area contributed by atoms with Gasteiger partial charge in [0.1, 0.15) is 17.2 Å². The van der Waals surface area contributed by atoms with Crippen LogP contribution in [-0.2, 0) is 16.6 Å². The van der Waals surface area contributed by atoms with Gasteiger partial charge in [-0.3, -0.25) is 4.98 Å². The van der Waals surface area contributed by atoms with E-state index >= 15 is 0 Å². The first-order valence-corrected chi connectivity index (χ1v) is 9.94. The molecule has 0 aliphatic heterocycles. The van der Waals surface area contributed by atoms with Gasteiger partial charge in [0, 0.05) is 18.9 Å². The van der Waals surface area contributed by atoms with Crippen LogP contribution in [0.3, 0.4) is 0 Å². The van der Waals surface area contributed by atoms with E-state index in [1.165, 1.54) is 12.1 Å². The molecule has 140 valence electrons. The summed E-state index contributed by atoms with van der Waals surface area (Å²) in [5.74, 6) is 1.96. The minimum Gasteiger partial charge on any atom is -0.494 e. The molecule has 0 radical (unpaired) electrons. The minimum atomic E-state index is -3.61. The van der Waals surface area contributed by atoms with Gasteiger partial charge in [0.2, 0.25) is 10.0 Å². The Hall–Kier alpha value is -2.90. The summed E-state index contributed by atoms with van der Waals surface area (Å²) in [6, 6.07) is 17.1. The van der Waals surface area contributed by atoms with Gasteiger partial charge in [-0.1, -0.05) is 6.07 Å². The molecule has 0 saturated heterocycles. The number of aromatic nitrogens is 1. The molecule has 0 aliphatic rings. The molecule has 7 heteroatoms. The zero-order valence-electron chi connectivity index (χ0n) is 14.8. The van der Waals surface area contributed by atoms with E-state index in [-0.39, 0.29) is 11.4 Å². The molecule has 0 spiro atoms. The number of nitrogens with zero attached hydrogens (tertiary/aromatic N) is 1. The normalized spacial score (nSPS) is 11.1. The van der Waals surface area contributed by atoms with Gasteiger partial charge in [0.15, 0.2) is 0 Å². The van der Waals surface area contributed by atoms with Crippen molar-refractivity contribution in [3.8, 4) is 17.2 Å². The first kappa shape index (κ1) is 18.9. The molecule has 6 nitrogen and oxygen atoms in total. The molecule has 0 aliphatic carbocycles. The van der Waals surface area contributed by atoms with E-state index in [9.17, 15) is 8.42 Å². The average Bonchev–Trinajstić information content (AvgIpc) is 2.69. The van der Waals surface area contributed by atoms with Gasteiger partial charge >= 0.3 is 0 Å². The number of rotatable bonds is 8. The summed E-state index contributed by atoms with van der Waals surface area (Å²) >= 11 is 0. The zero-order chi connectivity index (χ0) is 19.1. The van der Waals surface area contributed by atoms with Crippen molar-refractivity contribution in [1.29, 1.82) is 0 Å². The Morgan fingerprint density at radius 3 is 2.15 bits per heavy atom. The molecule has 0 saturated carbocycles. The van der Waals surface area contributed by atoms with Crippen molar-refractivity contribution in [2.24, 2.45) is 0 Å². The van der Waals surface area contributed by atoms with Crippen molar-refractivity contribution < 1.29 is 17.9 Å². The van der Waals surface area contributed by atoms with Crippen LogP contribution in [0.4, 0.5) is 0 Å². The molecule has 3 rings (SSSR count). The van der Waals surface area contributed by atoms with Crippen molar-refractivity contribution >= 4 is 10.0 Å². The quantitative estimate of drug-likeness (QED) is 0.640. The second kappa shape index (κ2) is 8.66. The van der Waals surface area contributed by atoms with Crippen LogP contribution in [0, 0.1) is 0 Å². The number of pyridine rings is 1. The van der Waals surface area contributed by atoms with E-state index in [1.807, 2.05) is 25.1 Å². The van der Waals surface area contributed by atoms with Gasteiger partial charge in [0.05, 0.1) is 11.5 Å². The Kier molecular flexibility index (Phi) is 6.05. The number of sulfonamides is 1. The smallest absolute Gasteiger partial charge is 0.240 e. The highest BCUT2D eigenvalue weighted by Gasteiger charge is 2.13. The lowest BCUT2D eigenvalue weighted by Crippen LogP contribution is -2.23. The van der Waals surface area contributed by atoms with Crippen LogP contribution in [0.1, 0.15) is 12.5 Å². The van der Waals surface area contributed by atoms with Crippen LogP contribution in [0.25, 0.3) is 0 Å². The van der Waals surface area contributed by atoms with Crippen LogP contribution in [0.2, 0.25) is 0 Å². The third kappa shape index (κ3) is 5.29. The summed E-state index contributed by atoms with van der Waals surface area (Å²) in [6.07, 6.45) is 3.26. The number of hydrogen-bond donors (Lipinski definition) is 1. The lowest BCUT2D eigenvalue weighted by molar-refractivity contribution is 0.339. The SMILES string of the molecule is CCOc1ccc(Oc2ccc(S(=O)(=O)NCc3cccnc3)cc2)cc1. The Bertz CT molecular complexity index is 957. The highest BCUT2D eigenvalue weighted by molar-refractivity contribution is 7.89. The molecule has 0 amide bonds. The second-order valence-corrected chi connectivity index (χ2v) is 7.43. The van der Waals surface area contributed by atoms with Gasteiger partial charge in [-0.05, 0) is 67.1 Å². The molecule has 27 heavy (non-hydrogen) atoms. The molecule has 0 unspecified atom stereocenters. The predicted octanol–water partition coefficient (Wildman–Crippen LogP) is 3.75. The summed E-state index contributed by atoms with van der Waals surface area (Å²) < 4.78 is 38.4. The van der Waals surface area contributed by atoms with Crippen molar-refractivity contribution in [3.05, 3.63) is 78.6 Å². The summed E-state index contributed by atoms with van der Waals surface area (Å²) in [6.45, 7) is 2.71. The monoisotopic (exact) mass is 384 g/mol. The summed E-state index contributed by atoms with van der Waals surface area (Å²) in [5.41, 5.74) is 0.788. The van der Waals surface area contributed by atoms with Crippen LogP contribution in [0.5, 0.6) is 17.2 Å². The lowest BCUT2D eigenvalue weighted by atomic mass is 10.3. The molecular weight excluding hydrogens is 364 g/mol. The van der Waals surface area contributed by atoms with Gasteiger partial charge in [-0.2, -0.15) is 0 Å². The maximum absolute atomic E-state index is 12.4. The zero-order valence-corrected chi connectivity index (χ0v) is 15.6. The third-order valence-electron chi connectivity index (χ3n) is 3.69. The molecule has 1 N–H and O–H groups in total. The van der Waals surface area contributed by atoms with Gasteiger partial charge in [0.25, 0.3) is 0 Å². The largest absolute Gasteiger partial charge is 0.494 e. The number of benzene rings is 2. The number of ether oxygens (including phenoxy) is 2. The fourth-order valence-electron chi connectivity index (χ4n) is 2.36. The fraction of sp³-hybridized carbons (Fsp3) is 0.150. The molecule has 2 aromatic carbocycles. The van der Waals surface area contributed by atoms with Gasteiger partial charge < -0.3 is 9.47 Å². The topological polar surface area (TPSA) is 77.5 Å². The molecule has 1 heterocycles. The second-order valence-electron chi connectivity index (χ2n) is 5.66. The highest BCUT2D eigenvalue weighted by atomic mass is 32.2. The maximum Gasteiger partial charge on any atom is 0.240 e. The van der Waals surface area contributed by atoms with E-state index < -0.39 is 10.0 Å². The molecule has 1 aromatic heterocycles. The highest BCUT2D eigenvalue weighted by Crippen LogP contribution is 2.25. The Balaban J connectivity index is 1.63. The summed E-state index contributed by atoms with van der Waals surface area (Å²) in [4.78, 5) is 4.14. The van der Waals surface area contributed by atoms with Crippen LogP contribution in [0.15, 0.2) is 78.0 Å². The van der Waals surface area contributed by atoms with Crippen molar-refractivity contribution in [2.45, 2.75) is 18.4 Å². The van der Waals surface area contributed by atoms with Gasteiger partial charge in [-0.25, -0.2) is 13.1 Å². The van der Waals surface area contributed by atoms with Crippen molar-refractivity contribution in [3.63, 3.8) is 0 Å². The molecule has 0 bridgehead atoms. The summed E-state index contributed by atoms with van der Waals surface area (Å²) in [7, 11) is -3.61. The maximum atomic E-state index is 12.4. The van der Waals surface area contributed by atoms with Crippen LogP contribution < -0.4 is 14.2 Å². The molecule has 3 aromatic rings. The number of hydrogen-bond acceptors (Lipinski definition) is 5. The Morgan fingerprint density at radius 1 is 0.926 bits per heavy atom. The van der Waals surface area contributed by atoms with Crippen LogP contribution >= 0.6 is 0 Å². The van der Waals surface area contributed by atoms with E-state index in [0.29, 0.717) is 18.1 Å². The molecule has 0 atom stereocenters. The van der Waals surface area contributed by atoms with Crippen molar-refractivity contribution in [2.75, 3.05) is 6.61 Å². The number of nitrogens with one attached hydrogen (secondary N) is 1. The van der Waals surface area contributed by atoms with Gasteiger partial charge in [-0.15, -0.1) is 0 Å². The summed E-state index contributed by atoms with van der Waals surface area (Å²) in [5, 5.41) is 0. The van der Waals surface area contributed by atoms with E-state index in [0.717, 1.165) is 11.3 Å². The standard InChI is InChI=1S/C20H20N2O4S/c1-2-25-17-5-7-18(8-6-17)26-19-9-11-20(12-10-19)27(23,24)22-15-16-4-3-13-21-14-16/h3-14,22H,2,15H2,1H3. The predicted molar refractivity (Wildman–Crippen MR) is 102 cm³/mol. The first-order valence-electron chi connectivity index (χ1n) is 8.46. The van der Waals surface area contributed by atoms with E-state index in [4.69, 9.17) is 9.47 Å². The van der Waals surface area contributed by atoms with E-state index in [1.54, 1.807) is 42.7 Å². The minimum absolute atomic E-state index is 0.172. The lowest BCUT2D eigenvalue weighted by Gasteiger charge is -2.09. The third-order valence-corrected chi connectivity index (χ3v) is 5.11. The van der Waals surface area contributed by atoms with E-state index in [2.05, 4.69) is 9.71 Å². The average molecular weight is 384 g/mol. The first-order chi connectivity index (χ1) is 13.1. The Labute approximate surface area is 158 Å². The van der Waals surface area contributed by atoms with Crippen LogP contribution in [-0.4, -0.2) is 20.0 Å². The Morgan fingerprint density at radius 2 is 1.56 bits per heavy atom.